The lowest BCUT2D eigenvalue weighted by Crippen LogP contribution is -2.30. The average molecular weight is 348 g/mol. The molecule has 4 heteroatoms. The largest absolute Gasteiger partial charge is 0.273 e. The molecule has 3 nitrogen and oxygen atoms in total. The van der Waals surface area contributed by atoms with E-state index in [9.17, 15) is 4.79 Å². The molecule has 1 aliphatic heterocycles. The molecule has 0 spiro atoms. The fraction of sp³-hybridized carbons (Fsp3) is 0.238. The van der Waals surface area contributed by atoms with Crippen LogP contribution in [0.25, 0.3) is 5.57 Å². The van der Waals surface area contributed by atoms with E-state index in [-0.39, 0.29) is 11.9 Å². The molecule has 4 rings (SSSR count). The van der Waals surface area contributed by atoms with E-state index in [2.05, 4.69) is 30.3 Å². The second-order valence-electron chi connectivity index (χ2n) is 6.24. The summed E-state index contributed by atoms with van der Waals surface area (Å²) in [5.74, 6) is 0.571. The van der Waals surface area contributed by atoms with Crippen LogP contribution in [0.5, 0.6) is 0 Å². The Kier molecular flexibility index (Phi) is 4.70. The van der Waals surface area contributed by atoms with E-state index in [1.807, 2.05) is 36.4 Å². The molecule has 0 N–H and O–H groups in total. The summed E-state index contributed by atoms with van der Waals surface area (Å²) in [5.41, 5.74) is 3.42. The quantitative estimate of drug-likeness (QED) is 0.801. The fourth-order valence-corrected chi connectivity index (χ4v) is 4.28. The fourth-order valence-electron chi connectivity index (χ4n) is 3.36. The number of benzene rings is 2. The summed E-state index contributed by atoms with van der Waals surface area (Å²) in [7, 11) is 0. The Morgan fingerprint density at radius 2 is 1.72 bits per heavy atom. The van der Waals surface area contributed by atoms with Crippen molar-refractivity contribution in [1.29, 1.82) is 0 Å². The third kappa shape index (κ3) is 3.40. The third-order valence-electron chi connectivity index (χ3n) is 4.56. The van der Waals surface area contributed by atoms with Gasteiger partial charge in [-0.25, -0.2) is 0 Å². The van der Waals surface area contributed by atoms with E-state index >= 15 is 0 Å². The normalized spacial score (nSPS) is 22.3. The van der Waals surface area contributed by atoms with Crippen molar-refractivity contribution in [3.8, 4) is 0 Å². The van der Waals surface area contributed by atoms with Gasteiger partial charge < -0.3 is 0 Å². The van der Waals surface area contributed by atoms with Gasteiger partial charge in [0.15, 0.2) is 5.17 Å². The maximum atomic E-state index is 12.4. The van der Waals surface area contributed by atoms with Crippen LogP contribution >= 0.6 is 11.8 Å². The Balaban J connectivity index is 1.67. The van der Waals surface area contributed by atoms with E-state index in [1.54, 1.807) is 16.7 Å². The Morgan fingerprint density at radius 1 is 1.00 bits per heavy atom. The molecule has 126 valence electrons. The van der Waals surface area contributed by atoms with Crippen molar-refractivity contribution >= 4 is 34.1 Å². The van der Waals surface area contributed by atoms with Gasteiger partial charge >= 0.3 is 0 Å². The number of nitrogens with zero attached hydrogens (tertiary/aromatic N) is 2. The monoisotopic (exact) mass is 348 g/mol. The Bertz CT molecular complexity index is 814. The molecule has 2 aromatic carbocycles. The van der Waals surface area contributed by atoms with E-state index in [4.69, 9.17) is 4.99 Å². The Hall–Kier alpha value is -2.33. The predicted octanol–water partition coefficient (Wildman–Crippen LogP) is 4.76. The van der Waals surface area contributed by atoms with Crippen LogP contribution in [0.3, 0.4) is 0 Å². The number of hydrogen-bond acceptors (Lipinski definition) is 3. The van der Waals surface area contributed by atoms with Crippen molar-refractivity contribution in [3.63, 3.8) is 0 Å². The molecule has 1 aliphatic carbocycles. The Morgan fingerprint density at radius 3 is 2.48 bits per heavy atom. The predicted molar refractivity (Wildman–Crippen MR) is 106 cm³/mol. The van der Waals surface area contributed by atoms with Gasteiger partial charge in [0, 0.05) is 0 Å². The van der Waals surface area contributed by atoms with E-state index in [0.717, 1.165) is 30.1 Å². The number of hydrogen-bond donors (Lipinski definition) is 0. The van der Waals surface area contributed by atoms with Gasteiger partial charge in [0.1, 0.15) is 0 Å². The van der Waals surface area contributed by atoms with Crippen molar-refractivity contribution in [2.75, 3.05) is 10.7 Å². The van der Waals surface area contributed by atoms with Gasteiger partial charge in [0.05, 0.1) is 17.5 Å². The highest BCUT2D eigenvalue weighted by atomic mass is 32.2. The van der Waals surface area contributed by atoms with Crippen LogP contribution in [-0.2, 0) is 4.79 Å². The van der Waals surface area contributed by atoms with Crippen molar-refractivity contribution in [2.45, 2.75) is 25.3 Å². The lowest BCUT2D eigenvalue weighted by molar-refractivity contribution is -0.115. The summed E-state index contributed by atoms with van der Waals surface area (Å²) in [6.45, 7) is 0. The van der Waals surface area contributed by atoms with Crippen LogP contribution in [0.15, 0.2) is 71.7 Å². The number of allylic oxidation sites excluding steroid dienone is 1. The smallest absolute Gasteiger partial charge is 0.243 e. The number of carbonyl (C=O) groups is 1. The molecule has 1 amide bonds. The number of amides is 1. The zero-order chi connectivity index (χ0) is 17.1. The van der Waals surface area contributed by atoms with E-state index < -0.39 is 0 Å². The van der Waals surface area contributed by atoms with Crippen molar-refractivity contribution < 1.29 is 4.79 Å². The summed E-state index contributed by atoms with van der Waals surface area (Å²) >= 11 is 1.54. The number of carbonyl (C=O) groups excluding carboxylic acids is 1. The van der Waals surface area contributed by atoms with Crippen molar-refractivity contribution in [1.82, 2.24) is 0 Å². The summed E-state index contributed by atoms with van der Waals surface area (Å²) in [5, 5.41) is 0.824. The topological polar surface area (TPSA) is 32.7 Å². The second-order valence-corrected chi connectivity index (χ2v) is 7.18. The molecule has 25 heavy (non-hydrogen) atoms. The van der Waals surface area contributed by atoms with Crippen molar-refractivity contribution in [3.05, 3.63) is 72.3 Å². The first-order valence-corrected chi connectivity index (χ1v) is 9.65. The van der Waals surface area contributed by atoms with Crippen LogP contribution in [-0.4, -0.2) is 22.9 Å². The van der Waals surface area contributed by atoms with Gasteiger partial charge in [-0.05, 0) is 42.5 Å². The SMILES string of the molecule is O=C1CSC(=NC2CCCC=C2c2ccccc2)N1c1ccccc1. The maximum Gasteiger partial charge on any atom is 0.243 e. The standard InChI is InChI=1S/C21H20N2OS/c24-20-15-25-21(23(20)17-11-5-2-6-12-17)22-19-14-8-7-13-18(19)16-9-3-1-4-10-16/h1-6,9-13,19H,7-8,14-15H2. The van der Waals surface area contributed by atoms with Gasteiger partial charge in [-0.3, -0.25) is 14.7 Å². The van der Waals surface area contributed by atoms with Crippen LogP contribution in [0.4, 0.5) is 5.69 Å². The minimum atomic E-state index is 0.107. The number of anilines is 1. The molecule has 1 fully saturated rings. The molecule has 0 aromatic heterocycles. The summed E-state index contributed by atoms with van der Waals surface area (Å²) < 4.78 is 0. The molecular weight excluding hydrogens is 328 g/mol. The first-order chi connectivity index (χ1) is 12.3. The van der Waals surface area contributed by atoms with Crippen LogP contribution < -0.4 is 4.90 Å². The summed E-state index contributed by atoms with van der Waals surface area (Å²) in [6.07, 6.45) is 5.57. The van der Waals surface area contributed by atoms with Gasteiger partial charge in [0.2, 0.25) is 5.91 Å². The van der Waals surface area contributed by atoms with E-state index in [1.165, 1.54) is 11.1 Å². The molecule has 1 saturated heterocycles. The number of thioether (sulfide) groups is 1. The number of para-hydroxylation sites is 1. The minimum Gasteiger partial charge on any atom is -0.273 e. The molecule has 0 bridgehead atoms. The Labute approximate surface area is 152 Å². The second kappa shape index (κ2) is 7.28. The number of rotatable bonds is 3. The first kappa shape index (κ1) is 16.2. The molecule has 0 saturated carbocycles. The van der Waals surface area contributed by atoms with Crippen LogP contribution in [0, 0.1) is 0 Å². The van der Waals surface area contributed by atoms with Crippen LogP contribution in [0.1, 0.15) is 24.8 Å². The zero-order valence-corrected chi connectivity index (χ0v) is 14.8. The van der Waals surface area contributed by atoms with Gasteiger partial charge in [0.25, 0.3) is 0 Å². The highest BCUT2D eigenvalue weighted by Gasteiger charge is 2.31. The molecular formula is C21H20N2OS. The molecule has 1 atom stereocenters. The van der Waals surface area contributed by atoms with Crippen LogP contribution in [0.2, 0.25) is 0 Å². The van der Waals surface area contributed by atoms with E-state index in [0.29, 0.717) is 5.75 Å². The zero-order valence-electron chi connectivity index (χ0n) is 14.0. The first-order valence-electron chi connectivity index (χ1n) is 8.67. The molecule has 2 aromatic rings. The molecule has 1 heterocycles. The average Bonchev–Trinajstić information content (AvgIpc) is 3.04. The molecule has 1 unspecified atom stereocenters. The van der Waals surface area contributed by atoms with Gasteiger partial charge in [-0.1, -0.05) is 66.4 Å². The number of amidine groups is 1. The van der Waals surface area contributed by atoms with Crippen molar-refractivity contribution in [2.24, 2.45) is 4.99 Å². The maximum absolute atomic E-state index is 12.4. The molecule has 2 aliphatic rings. The third-order valence-corrected chi connectivity index (χ3v) is 5.50. The molecule has 0 radical (unpaired) electrons. The summed E-state index contributed by atoms with van der Waals surface area (Å²) in [6, 6.07) is 20.4. The van der Waals surface area contributed by atoms with Gasteiger partial charge in [-0.15, -0.1) is 0 Å². The summed E-state index contributed by atoms with van der Waals surface area (Å²) in [4.78, 5) is 19.2. The number of aliphatic imine (C=N–C) groups is 1. The lowest BCUT2D eigenvalue weighted by Gasteiger charge is -2.24. The minimum absolute atomic E-state index is 0.107. The van der Waals surface area contributed by atoms with Gasteiger partial charge in [-0.2, -0.15) is 0 Å². The highest BCUT2D eigenvalue weighted by molar-refractivity contribution is 8.15. The highest BCUT2D eigenvalue weighted by Crippen LogP contribution is 2.33. The lowest BCUT2D eigenvalue weighted by atomic mass is 9.89.